The maximum absolute atomic E-state index is 8.93. The first kappa shape index (κ1) is 16.3. The molecule has 4 nitrogen and oxygen atoms in total. The fraction of sp³-hybridized carbons (Fsp3) is 0.647. The van der Waals surface area contributed by atoms with Crippen molar-refractivity contribution >= 4 is 5.69 Å². The molecule has 1 aromatic carbocycles. The van der Waals surface area contributed by atoms with Crippen LogP contribution in [0.2, 0.25) is 0 Å². The summed E-state index contributed by atoms with van der Waals surface area (Å²) in [5, 5.41) is 12.4. The van der Waals surface area contributed by atoms with Crippen molar-refractivity contribution in [2.75, 3.05) is 57.7 Å². The van der Waals surface area contributed by atoms with Gasteiger partial charge in [0, 0.05) is 45.0 Å². The van der Waals surface area contributed by atoms with Crippen molar-refractivity contribution in [3.63, 3.8) is 0 Å². The number of hydrogen-bond acceptors (Lipinski definition) is 4. The highest BCUT2D eigenvalue weighted by Gasteiger charge is 2.15. The normalized spacial score (nSPS) is 17.0. The summed E-state index contributed by atoms with van der Waals surface area (Å²) in [7, 11) is 0. The molecule has 0 aromatic heterocycles. The third-order valence-corrected chi connectivity index (χ3v) is 4.13. The molecule has 1 aliphatic heterocycles. The van der Waals surface area contributed by atoms with E-state index in [4.69, 9.17) is 5.11 Å². The van der Waals surface area contributed by atoms with Crippen molar-refractivity contribution in [1.82, 2.24) is 9.80 Å². The number of nitrogens with zero attached hydrogens (tertiary/aromatic N) is 2. The first-order valence-corrected chi connectivity index (χ1v) is 8.14. The average molecular weight is 291 g/mol. The molecule has 2 rings (SSSR count). The Kier molecular flexibility index (Phi) is 7.00. The third-order valence-electron chi connectivity index (χ3n) is 4.13. The number of hydrogen-bond donors (Lipinski definition) is 2. The first-order valence-electron chi connectivity index (χ1n) is 8.14. The van der Waals surface area contributed by atoms with Gasteiger partial charge in [0.2, 0.25) is 0 Å². The van der Waals surface area contributed by atoms with Gasteiger partial charge in [0.25, 0.3) is 0 Å². The van der Waals surface area contributed by atoms with Crippen LogP contribution in [0, 0.1) is 6.92 Å². The van der Waals surface area contributed by atoms with Crippen LogP contribution in [0.15, 0.2) is 24.3 Å². The zero-order valence-corrected chi connectivity index (χ0v) is 13.2. The van der Waals surface area contributed by atoms with Gasteiger partial charge in [-0.2, -0.15) is 0 Å². The molecule has 1 saturated heterocycles. The van der Waals surface area contributed by atoms with Crippen LogP contribution in [0.4, 0.5) is 5.69 Å². The van der Waals surface area contributed by atoms with Gasteiger partial charge in [-0.15, -0.1) is 0 Å². The molecule has 2 N–H and O–H groups in total. The van der Waals surface area contributed by atoms with Gasteiger partial charge in [0.05, 0.1) is 6.61 Å². The smallest absolute Gasteiger partial charge is 0.0558 e. The highest BCUT2D eigenvalue weighted by molar-refractivity contribution is 5.45. The number of aliphatic hydroxyl groups excluding tert-OH is 1. The Bertz CT molecular complexity index is 403. The quantitative estimate of drug-likeness (QED) is 0.716. The Morgan fingerprint density at radius 1 is 1.05 bits per heavy atom. The number of nitrogens with one attached hydrogen (secondary N) is 1. The van der Waals surface area contributed by atoms with Crippen LogP contribution in [0.25, 0.3) is 0 Å². The summed E-state index contributed by atoms with van der Waals surface area (Å²) in [5.74, 6) is 0. The highest BCUT2D eigenvalue weighted by Crippen LogP contribution is 2.10. The number of aryl methyl sites for hydroxylation is 1. The van der Waals surface area contributed by atoms with Crippen molar-refractivity contribution in [2.45, 2.75) is 19.8 Å². The van der Waals surface area contributed by atoms with E-state index in [1.807, 2.05) is 0 Å². The monoisotopic (exact) mass is 291 g/mol. The second-order valence-corrected chi connectivity index (χ2v) is 5.91. The lowest BCUT2D eigenvalue weighted by atomic mass is 10.2. The zero-order chi connectivity index (χ0) is 14.9. The molecule has 0 aliphatic carbocycles. The molecule has 118 valence electrons. The van der Waals surface area contributed by atoms with Crippen LogP contribution in [0.1, 0.15) is 18.4 Å². The predicted molar refractivity (Wildman–Crippen MR) is 88.9 cm³/mol. The molecule has 1 fully saturated rings. The Balaban J connectivity index is 1.52. The van der Waals surface area contributed by atoms with Crippen LogP contribution in [-0.2, 0) is 0 Å². The summed E-state index contributed by atoms with van der Waals surface area (Å²) in [5.41, 5.74) is 2.54. The molecule has 0 spiro atoms. The van der Waals surface area contributed by atoms with Gasteiger partial charge < -0.3 is 15.3 Å². The van der Waals surface area contributed by atoms with Gasteiger partial charge in [-0.05, 0) is 44.0 Å². The minimum absolute atomic E-state index is 0.282. The van der Waals surface area contributed by atoms with E-state index in [2.05, 4.69) is 46.3 Å². The summed E-state index contributed by atoms with van der Waals surface area (Å²) in [6.07, 6.45) is 2.46. The molecule has 1 aromatic rings. The molecular formula is C17H29N3O. The van der Waals surface area contributed by atoms with Crippen molar-refractivity contribution < 1.29 is 5.11 Å². The number of anilines is 1. The first-order chi connectivity index (χ1) is 10.3. The van der Waals surface area contributed by atoms with E-state index in [1.165, 1.54) is 30.6 Å². The topological polar surface area (TPSA) is 38.7 Å². The van der Waals surface area contributed by atoms with Gasteiger partial charge in [-0.3, -0.25) is 4.90 Å². The molecule has 0 radical (unpaired) electrons. The minimum Gasteiger partial charge on any atom is -0.395 e. The molecule has 0 atom stereocenters. The molecule has 1 heterocycles. The van der Waals surface area contributed by atoms with Gasteiger partial charge >= 0.3 is 0 Å². The Morgan fingerprint density at radius 3 is 2.43 bits per heavy atom. The number of β-amino-alcohol motifs (C(OH)–C–C–N with tert-alkyl or cyclic N) is 1. The molecule has 0 unspecified atom stereocenters. The van der Waals surface area contributed by atoms with Crippen LogP contribution in [0.3, 0.4) is 0 Å². The van der Waals surface area contributed by atoms with E-state index in [0.29, 0.717) is 0 Å². The van der Waals surface area contributed by atoms with E-state index in [0.717, 1.165) is 39.3 Å². The number of aliphatic hydroxyl groups is 1. The fourth-order valence-electron chi connectivity index (χ4n) is 2.83. The number of piperazine rings is 1. The van der Waals surface area contributed by atoms with Crippen LogP contribution < -0.4 is 5.32 Å². The van der Waals surface area contributed by atoms with E-state index in [1.54, 1.807) is 0 Å². The molecule has 0 bridgehead atoms. The van der Waals surface area contributed by atoms with Crippen LogP contribution >= 0.6 is 0 Å². The zero-order valence-electron chi connectivity index (χ0n) is 13.2. The highest BCUT2D eigenvalue weighted by atomic mass is 16.3. The predicted octanol–water partition coefficient (Wildman–Crippen LogP) is 1.80. The van der Waals surface area contributed by atoms with E-state index < -0.39 is 0 Å². The maximum atomic E-state index is 8.93. The molecular weight excluding hydrogens is 262 g/mol. The Hall–Kier alpha value is -1.10. The van der Waals surface area contributed by atoms with Crippen molar-refractivity contribution in [3.8, 4) is 0 Å². The second kappa shape index (κ2) is 9.03. The summed E-state index contributed by atoms with van der Waals surface area (Å²) in [6, 6.07) is 8.55. The summed E-state index contributed by atoms with van der Waals surface area (Å²) >= 11 is 0. The summed E-state index contributed by atoms with van der Waals surface area (Å²) < 4.78 is 0. The largest absolute Gasteiger partial charge is 0.395 e. The summed E-state index contributed by atoms with van der Waals surface area (Å²) in [6.45, 7) is 9.97. The fourth-order valence-corrected chi connectivity index (χ4v) is 2.83. The van der Waals surface area contributed by atoms with Gasteiger partial charge in [-0.1, -0.05) is 12.1 Å². The lowest BCUT2D eigenvalue weighted by Gasteiger charge is -2.34. The second-order valence-electron chi connectivity index (χ2n) is 5.91. The lowest BCUT2D eigenvalue weighted by Crippen LogP contribution is -2.47. The summed E-state index contributed by atoms with van der Waals surface area (Å²) in [4.78, 5) is 4.89. The molecule has 21 heavy (non-hydrogen) atoms. The number of unbranched alkanes of at least 4 members (excludes halogenated alkanes) is 1. The molecule has 0 amide bonds. The standard InChI is InChI=1S/C17H29N3O/c1-16-5-4-6-17(15-16)18-7-2-3-8-19-9-11-20(12-10-19)13-14-21/h4-6,15,18,21H,2-3,7-14H2,1H3. The van der Waals surface area contributed by atoms with E-state index in [-0.39, 0.29) is 6.61 Å². The van der Waals surface area contributed by atoms with Gasteiger partial charge in [0.15, 0.2) is 0 Å². The molecule has 4 heteroatoms. The van der Waals surface area contributed by atoms with Crippen LogP contribution in [-0.4, -0.2) is 67.3 Å². The van der Waals surface area contributed by atoms with E-state index >= 15 is 0 Å². The van der Waals surface area contributed by atoms with Gasteiger partial charge in [0.1, 0.15) is 0 Å². The Labute approximate surface area is 128 Å². The molecule has 1 aliphatic rings. The van der Waals surface area contributed by atoms with E-state index in [9.17, 15) is 0 Å². The average Bonchev–Trinajstić information content (AvgIpc) is 2.49. The van der Waals surface area contributed by atoms with Gasteiger partial charge in [-0.25, -0.2) is 0 Å². The number of benzene rings is 1. The minimum atomic E-state index is 0.282. The van der Waals surface area contributed by atoms with Crippen molar-refractivity contribution in [1.29, 1.82) is 0 Å². The SMILES string of the molecule is Cc1cccc(NCCCCN2CCN(CCO)CC2)c1. The number of rotatable bonds is 8. The van der Waals surface area contributed by atoms with Crippen molar-refractivity contribution in [2.24, 2.45) is 0 Å². The van der Waals surface area contributed by atoms with Crippen LogP contribution in [0.5, 0.6) is 0 Å². The van der Waals surface area contributed by atoms with Crippen molar-refractivity contribution in [3.05, 3.63) is 29.8 Å². The maximum Gasteiger partial charge on any atom is 0.0558 e. The molecule has 0 saturated carbocycles. The Morgan fingerprint density at radius 2 is 1.76 bits per heavy atom. The third kappa shape index (κ3) is 6.04. The lowest BCUT2D eigenvalue weighted by molar-refractivity contribution is 0.112.